The molecule has 2 saturated heterocycles. The van der Waals surface area contributed by atoms with Gasteiger partial charge in [0.15, 0.2) is 0 Å². The number of carbonyl (C=O) groups is 4. The van der Waals surface area contributed by atoms with Crippen LogP contribution in [0.4, 0.5) is 0 Å². The number of amides is 4. The maximum Gasteiger partial charge on any atom is 0.310 e. The first-order chi connectivity index (χ1) is 13.5. The standard InChI is InChI=1S/C22H29N2O5P/c1-19(2)15(25)23(16(26)20(19,3)4)30(29,14-12-10-9-11-13-14)24-17(27)21(5,6)22(7,8)18(24)28/h9-13H,1-8H3. The van der Waals surface area contributed by atoms with Gasteiger partial charge in [-0.2, -0.15) is 0 Å². The normalized spacial score (nSPS) is 24.7. The van der Waals surface area contributed by atoms with Gasteiger partial charge in [-0.1, -0.05) is 18.2 Å². The van der Waals surface area contributed by atoms with Crippen LogP contribution in [0.3, 0.4) is 0 Å². The van der Waals surface area contributed by atoms with E-state index in [4.69, 9.17) is 0 Å². The van der Waals surface area contributed by atoms with Crippen molar-refractivity contribution < 1.29 is 23.7 Å². The van der Waals surface area contributed by atoms with Crippen LogP contribution in [0.2, 0.25) is 0 Å². The Morgan fingerprint density at radius 3 is 1.10 bits per heavy atom. The minimum absolute atomic E-state index is 0.0930. The number of imide groups is 2. The summed E-state index contributed by atoms with van der Waals surface area (Å²) < 4.78 is 16.2. The fraction of sp³-hybridized carbons (Fsp3) is 0.545. The maximum atomic E-state index is 14.8. The summed E-state index contributed by atoms with van der Waals surface area (Å²) in [5.41, 5.74) is -4.65. The van der Waals surface area contributed by atoms with E-state index in [0.717, 1.165) is 0 Å². The van der Waals surface area contributed by atoms with Crippen LogP contribution < -0.4 is 5.30 Å². The van der Waals surface area contributed by atoms with Gasteiger partial charge in [0, 0.05) is 0 Å². The lowest BCUT2D eigenvalue weighted by Gasteiger charge is -2.34. The van der Waals surface area contributed by atoms with E-state index in [-0.39, 0.29) is 5.30 Å². The number of rotatable bonds is 3. The molecule has 1 aromatic carbocycles. The quantitative estimate of drug-likeness (QED) is 0.540. The maximum absolute atomic E-state index is 14.8. The molecule has 0 saturated carbocycles. The molecule has 0 radical (unpaired) electrons. The molecule has 0 aliphatic carbocycles. The van der Waals surface area contributed by atoms with Crippen molar-refractivity contribution in [3.05, 3.63) is 30.3 Å². The molecule has 3 rings (SSSR count). The Kier molecular flexibility index (Phi) is 4.58. The van der Waals surface area contributed by atoms with E-state index < -0.39 is 52.7 Å². The van der Waals surface area contributed by atoms with Crippen molar-refractivity contribution in [2.24, 2.45) is 21.7 Å². The molecule has 8 heteroatoms. The van der Waals surface area contributed by atoms with Crippen molar-refractivity contribution in [2.75, 3.05) is 0 Å². The molecule has 1 aromatic rings. The van der Waals surface area contributed by atoms with Crippen molar-refractivity contribution in [1.82, 2.24) is 9.34 Å². The summed E-state index contributed by atoms with van der Waals surface area (Å²) in [4.78, 5) is 53.8. The van der Waals surface area contributed by atoms with Gasteiger partial charge in [0.1, 0.15) is 0 Å². The lowest BCUT2D eigenvalue weighted by Crippen LogP contribution is -2.44. The highest BCUT2D eigenvalue weighted by atomic mass is 31.2. The summed E-state index contributed by atoms with van der Waals surface area (Å²) in [6, 6.07) is 7.86. The molecule has 2 aliphatic rings. The zero-order valence-corrected chi connectivity index (χ0v) is 19.7. The van der Waals surface area contributed by atoms with E-state index in [9.17, 15) is 23.7 Å². The fourth-order valence-corrected chi connectivity index (χ4v) is 6.93. The van der Waals surface area contributed by atoms with E-state index in [1.54, 1.807) is 73.6 Å². The Bertz CT molecular complexity index is 911. The average molecular weight is 432 g/mol. The van der Waals surface area contributed by atoms with Crippen LogP contribution in [0.25, 0.3) is 0 Å². The Morgan fingerprint density at radius 1 is 0.567 bits per heavy atom. The summed E-state index contributed by atoms with van der Waals surface area (Å²) in [5.74, 6) is -2.64. The zero-order valence-electron chi connectivity index (χ0n) is 18.8. The van der Waals surface area contributed by atoms with Crippen LogP contribution in [0.15, 0.2) is 30.3 Å². The first kappa shape index (κ1) is 22.4. The summed E-state index contributed by atoms with van der Waals surface area (Å²) in [5, 5.41) is 0.0930. The van der Waals surface area contributed by atoms with Gasteiger partial charge < -0.3 is 0 Å². The van der Waals surface area contributed by atoms with E-state index in [2.05, 4.69) is 0 Å². The molecule has 0 unspecified atom stereocenters. The van der Waals surface area contributed by atoms with Gasteiger partial charge in [-0.15, -0.1) is 0 Å². The molecule has 162 valence electrons. The molecule has 4 amide bonds. The molecule has 2 aliphatic heterocycles. The Morgan fingerprint density at radius 2 is 0.833 bits per heavy atom. The smallest absolute Gasteiger partial charge is 0.273 e. The summed E-state index contributed by atoms with van der Waals surface area (Å²) >= 11 is 0. The first-order valence-electron chi connectivity index (χ1n) is 9.93. The van der Waals surface area contributed by atoms with Crippen LogP contribution in [0.5, 0.6) is 0 Å². The van der Waals surface area contributed by atoms with Crippen molar-refractivity contribution in [3.63, 3.8) is 0 Å². The van der Waals surface area contributed by atoms with Crippen LogP contribution in [0.1, 0.15) is 55.4 Å². The predicted octanol–water partition coefficient (Wildman–Crippen LogP) is 3.35. The molecular formula is C22H29N2O5P. The minimum Gasteiger partial charge on any atom is -0.273 e. The zero-order chi connectivity index (χ0) is 23.1. The van der Waals surface area contributed by atoms with Crippen molar-refractivity contribution >= 4 is 36.4 Å². The van der Waals surface area contributed by atoms with Gasteiger partial charge in [0.25, 0.3) is 0 Å². The van der Waals surface area contributed by atoms with E-state index in [0.29, 0.717) is 9.34 Å². The topological polar surface area (TPSA) is 91.8 Å². The highest BCUT2D eigenvalue weighted by Crippen LogP contribution is 2.65. The summed E-state index contributed by atoms with van der Waals surface area (Å²) in [7, 11) is -4.44. The summed E-state index contributed by atoms with van der Waals surface area (Å²) in [6.07, 6.45) is 0. The van der Waals surface area contributed by atoms with Crippen LogP contribution in [-0.2, 0) is 23.7 Å². The molecule has 0 aromatic heterocycles. The van der Waals surface area contributed by atoms with Crippen molar-refractivity contribution in [2.45, 2.75) is 55.4 Å². The SMILES string of the molecule is CC1(C)C(=O)N(P(=O)(c2ccccc2)N2C(=O)C(C)(C)C(C)(C)C2=O)C(=O)C1(C)C. The average Bonchev–Trinajstić information content (AvgIpc) is 2.86. The first-order valence-corrected chi connectivity index (χ1v) is 11.5. The Balaban J connectivity index is 2.36. The number of carbonyl (C=O) groups excluding carboxylic acids is 4. The largest absolute Gasteiger partial charge is 0.310 e. The number of hydrogen-bond donors (Lipinski definition) is 0. The van der Waals surface area contributed by atoms with E-state index in [1.165, 1.54) is 12.1 Å². The predicted molar refractivity (Wildman–Crippen MR) is 113 cm³/mol. The number of nitrogens with zero attached hydrogens (tertiary/aromatic N) is 2. The Labute approximate surface area is 177 Å². The second-order valence-corrected chi connectivity index (χ2v) is 12.6. The molecule has 0 atom stereocenters. The molecule has 7 nitrogen and oxygen atoms in total. The van der Waals surface area contributed by atoms with E-state index in [1.807, 2.05) is 0 Å². The third-order valence-corrected chi connectivity index (χ3v) is 10.4. The fourth-order valence-electron chi connectivity index (χ4n) is 3.75. The van der Waals surface area contributed by atoms with E-state index >= 15 is 0 Å². The Hall–Kier alpha value is -2.27. The minimum atomic E-state index is -4.44. The second-order valence-electron chi connectivity index (χ2n) is 10.2. The molecule has 0 spiro atoms. The van der Waals surface area contributed by atoms with Crippen LogP contribution >= 0.6 is 7.44 Å². The third-order valence-electron chi connectivity index (χ3n) is 7.67. The third kappa shape index (κ3) is 2.36. The molecule has 0 bridgehead atoms. The van der Waals surface area contributed by atoms with Crippen LogP contribution in [-0.4, -0.2) is 33.0 Å². The molecular weight excluding hydrogens is 403 g/mol. The number of benzene rings is 1. The van der Waals surface area contributed by atoms with Gasteiger partial charge in [-0.05, 0) is 67.5 Å². The van der Waals surface area contributed by atoms with Crippen LogP contribution in [0, 0.1) is 21.7 Å². The monoisotopic (exact) mass is 432 g/mol. The highest BCUT2D eigenvalue weighted by Gasteiger charge is 2.70. The summed E-state index contributed by atoms with van der Waals surface area (Å²) in [6.45, 7) is 12.9. The second kappa shape index (κ2) is 6.13. The van der Waals surface area contributed by atoms with Gasteiger partial charge >= 0.3 is 7.44 Å². The molecule has 2 heterocycles. The molecule has 0 N–H and O–H groups in total. The van der Waals surface area contributed by atoms with Crippen molar-refractivity contribution in [3.8, 4) is 0 Å². The van der Waals surface area contributed by atoms with Gasteiger partial charge in [-0.25, -0.2) is 9.34 Å². The molecule has 30 heavy (non-hydrogen) atoms. The molecule has 2 fully saturated rings. The van der Waals surface area contributed by atoms with Gasteiger partial charge in [0.05, 0.1) is 27.0 Å². The van der Waals surface area contributed by atoms with Gasteiger partial charge in [-0.3, -0.25) is 23.7 Å². The highest BCUT2D eigenvalue weighted by molar-refractivity contribution is 7.69. The van der Waals surface area contributed by atoms with Gasteiger partial charge in [0.2, 0.25) is 23.6 Å². The lowest BCUT2D eigenvalue weighted by molar-refractivity contribution is -0.137. The lowest BCUT2D eigenvalue weighted by atomic mass is 9.70. The number of hydrogen-bond acceptors (Lipinski definition) is 5. The van der Waals surface area contributed by atoms with Crippen molar-refractivity contribution in [1.29, 1.82) is 0 Å².